The number of amides is 1. The molecular formula is C18H30N2O2. The van der Waals surface area contributed by atoms with E-state index in [0.29, 0.717) is 5.56 Å². The highest BCUT2D eigenvalue weighted by molar-refractivity contribution is 5.96. The molecule has 0 aromatic heterocycles. The topological polar surface area (TPSA) is 50.4 Å². The van der Waals surface area contributed by atoms with Gasteiger partial charge in [0.25, 0.3) is 5.91 Å². The minimum atomic E-state index is -0.110. The summed E-state index contributed by atoms with van der Waals surface area (Å²) in [6, 6.07) is 5.81. The fourth-order valence-electron chi connectivity index (χ4n) is 2.56. The first-order valence-corrected chi connectivity index (χ1v) is 8.06. The first-order chi connectivity index (χ1) is 10.3. The maximum atomic E-state index is 12.5. The van der Waals surface area contributed by atoms with Crippen LogP contribution in [0, 0.1) is 5.41 Å². The third-order valence-corrected chi connectivity index (χ3v) is 3.93. The van der Waals surface area contributed by atoms with Gasteiger partial charge < -0.3 is 4.74 Å². The second-order valence-electron chi connectivity index (χ2n) is 6.65. The average molecular weight is 306 g/mol. The number of hydrogen-bond acceptors (Lipinski definition) is 3. The summed E-state index contributed by atoms with van der Waals surface area (Å²) in [5, 5.41) is 0. The van der Waals surface area contributed by atoms with Gasteiger partial charge in [-0.2, -0.15) is 0 Å². The van der Waals surface area contributed by atoms with Crippen LogP contribution in [0.15, 0.2) is 18.2 Å². The second-order valence-corrected chi connectivity index (χ2v) is 6.65. The SMILES string of the molecule is CCCC(NNC(=O)c1cccc(OC)c1CC)C(C)(C)C. The first-order valence-electron chi connectivity index (χ1n) is 8.06. The van der Waals surface area contributed by atoms with Gasteiger partial charge in [-0.15, -0.1) is 0 Å². The Kier molecular flexibility index (Phi) is 6.88. The Hall–Kier alpha value is -1.55. The predicted octanol–water partition coefficient (Wildman–Crippen LogP) is 3.71. The van der Waals surface area contributed by atoms with Gasteiger partial charge in [0.05, 0.1) is 7.11 Å². The molecule has 0 radical (unpaired) electrons. The molecule has 0 aliphatic carbocycles. The molecule has 0 heterocycles. The fraction of sp³-hybridized carbons (Fsp3) is 0.611. The number of carbonyl (C=O) groups is 1. The van der Waals surface area contributed by atoms with Crippen molar-refractivity contribution >= 4 is 5.91 Å². The van der Waals surface area contributed by atoms with Crippen LogP contribution < -0.4 is 15.6 Å². The number of methoxy groups -OCH3 is 1. The van der Waals surface area contributed by atoms with Crippen molar-refractivity contribution in [3.05, 3.63) is 29.3 Å². The summed E-state index contributed by atoms with van der Waals surface area (Å²) < 4.78 is 5.35. The summed E-state index contributed by atoms with van der Waals surface area (Å²) in [6.07, 6.45) is 2.84. The van der Waals surface area contributed by atoms with Crippen LogP contribution in [0.1, 0.15) is 63.4 Å². The van der Waals surface area contributed by atoms with Gasteiger partial charge in [0, 0.05) is 17.2 Å². The molecule has 124 valence electrons. The van der Waals surface area contributed by atoms with E-state index in [-0.39, 0.29) is 17.4 Å². The Labute approximate surface area is 134 Å². The molecule has 0 saturated carbocycles. The maximum absolute atomic E-state index is 12.5. The molecule has 0 aliphatic heterocycles. The van der Waals surface area contributed by atoms with Gasteiger partial charge in [0.2, 0.25) is 0 Å². The Morgan fingerprint density at radius 3 is 2.45 bits per heavy atom. The summed E-state index contributed by atoms with van der Waals surface area (Å²) >= 11 is 0. The lowest BCUT2D eigenvalue weighted by Gasteiger charge is -2.31. The van der Waals surface area contributed by atoms with Crippen LogP contribution in [0.3, 0.4) is 0 Å². The summed E-state index contributed by atoms with van der Waals surface area (Å²) in [4.78, 5) is 12.5. The summed E-state index contributed by atoms with van der Waals surface area (Å²) in [5.41, 5.74) is 7.77. The highest BCUT2D eigenvalue weighted by atomic mass is 16.5. The van der Waals surface area contributed by atoms with E-state index >= 15 is 0 Å². The largest absolute Gasteiger partial charge is 0.496 e. The standard InChI is InChI=1S/C18H30N2O2/c1-7-10-16(18(3,4)5)19-20-17(21)14-11-9-12-15(22-6)13(14)8-2/h9,11-12,16,19H,7-8,10H2,1-6H3,(H,20,21). The molecule has 1 rings (SSSR count). The number of carbonyl (C=O) groups excluding carboxylic acids is 1. The molecule has 0 saturated heterocycles. The molecule has 0 fully saturated rings. The van der Waals surface area contributed by atoms with Crippen LogP contribution in [-0.4, -0.2) is 19.1 Å². The van der Waals surface area contributed by atoms with Gasteiger partial charge in [-0.25, -0.2) is 5.43 Å². The van der Waals surface area contributed by atoms with Gasteiger partial charge in [0.15, 0.2) is 0 Å². The molecule has 1 aromatic rings. The zero-order valence-corrected chi connectivity index (χ0v) is 14.7. The van der Waals surface area contributed by atoms with Crippen molar-refractivity contribution in [3.63, 3.8) is 0 Å². The van der Waals surface area contributed by atoms with Crippen molar-refractivity contribution in [1.82, 2.24) is 10.9 Å². The third-order valence-electron chi connectivity index (χ3n) is 3.93. The predicted molar refractivity (Wildman–Crippen MR) is 91.1 cm³/mol. The van der Waals surface area contributed by atoms with Crippen LogP contribution >= 0.6 is 0 Å². The zero-order valence-electron chi connectivity index (χ0n) is 14.7. The smallest absolute Gasteiger partial charge is 0.265 e. The number of nitrogens with one attached hydrogen (secondary N) is 2. The number of rotatable bonds is 7. The lowest BCUT2D eigenvalue weighted by atomic mass is 9.84. The van der Waals surface area contributed by atoms with E-state index in [2.05, 4.69) is 38.5 Å². The van der Waals surface area contributed by atoms with E-state index < -0.39 is 0 Å². The molecule has 4 heteroatoms. The third kappa shape index (κ3) is 4.73. The van der Waals surface area contributed by atoms with Crippen LogP contribution in [-0.2, 0) is 6.42 Å². The van der Waals surface area contributed by atoms with E-state index in [9.17, 15) is 4.79 Å². The van der Waals surface area contributed by atoms with Gasteiger partial charge in [-0.05, 0) is 30.4 Å². The molecule has 1 atom stereocenters. The Morgan fingerprint density at radius 1 is 1.27 bits per heavy atom. The number of hydrogen-bond donors (Lipinski definition) is 2. The Bertz CT molecular complexity index is 492. The molecule has 2 N–H and O–H groups in total. The average Bonchev–Trinajstić information content (AvgIpc) is 2.48. The van der Waals surface area contributed by atoms with E-state index in [1.807, 2.05) is 25.1 Å². The minimum Gasteiger partial charge on any atom is -0.496 e. The summed E-state index contributed by atoms with van der Waals surface area (Å²) in [7, 11) is 1.63. The van der Waals surface area contributed by atoms with Crippen LogP contribution in [0.5, 0.6) is 5.75 Å². The van der Waals surface area contributed by atoms with Crippen molar-refractivity contribution in [3.8, 4) is 5.75 Å². The molecule has 0 bridgehead atoms. The van der Waals surface area contributed by atoms with Gasteiger partial charge in [0.1, 0.15) is 5.75 Å². The minimum absolute atomic E-state index is 0.0885. The molecule has 1 aromatic carbocycles. The van der Waals surface area contributed by atoms with Crippen LogP contribution in [0.4, 0.5) is 0 Å². The van der Waals surface area contributed by atoms with Crippen molar-refractivity contribution in [1.29, 1.82) is 0 Å². The van der Waals surface area contributed by atoms with Crippen molar-refractivity contribution in [2.75, 3.05) is 7.11 Å². The zero-order chi connectivity index (χ0) is 16.8. The molecule has 1 unspecified atom stereocenters. The van der Waals surface area contributed by atoms with Crippen molar-refractivity contribution in [2.24, 2.45) is 5.41 Å². The van der Waals surface area contributed by atoms with Crippen LogP contribution in [0.25, 0.3) is 0 Å². The molecular weight excluding hydrogens is 276 g/mol. The van der Waals surface area contributed by atoms with Crippen molar-refractivity contribution in [2.45, 2.75) is 59.9 Å². The lowest BCUT2D eigenvalue weighted by Crippen LogP contribution is -2.50. The summed E-state index contributed by atoms with van der Waals surface area (Å²) in [5.74, 6) is 0.650. The van der Waals surface area contributed by atoms with Gasteiger partial charge >= 0.3 is 0 Å². The quantitative estimate of drug-likeness (QED) is 0.755. The monoisotopic (exact) mass is 306 g/mol. The van der Waals surface area contributed by atoms with E-state index in [1.165, 1.54) is 0 Å². The van der Waals surface area contributed by atoms with E-state index in [4.69, 9.17) is 4.74 Å². The summed E-state index contributed by atoms with van der Waals surface area (Å²) in [6.45, 7) is 10.7. The van der Waals surface area contributed by atoms with Crippen molar-refractivity contribution < 1.29 is 9.53 Å². The maximum Gasteiger partial charge on any atom is 0.265 e. The Balaban J connectivity index is 2.85. The number of hydrazine groups is 1. The fourth-order valence-corrected chi connectivity index (χ4v) is 2.56. The van der Waals surface area contributed by atoms with Gasteiger partial charge in [-0.3, -0.25) is 10.2 Å². The molecule has 0 spiro atoms. The lowest BCUT2D eigenvalue weighted by molar-refractivity contribution is 0.0903. The number of ether oxygens (including phenoxy) is 1. The van der Waals surface area contributed by atoms with E-state index in [1.54, 1.807) is 7.11 Å². The highest BCUT2D eigenvalue weighted by Crippen LogP contribution is 2.24. The second kappa shape index (κ2) is 8.18. The first kappa shape index (κ1) is 18.5. The molecule has 22 heavy (non-hydrogen) atoms. The molecule has 0 aliphatic rings. The number of benzene rings is 1. The van der Waals surface area contributed by atoms with Crippen LogP contribution in [0.2, 0.25) is 0 Å². The normalized spacial score (nSPS) is 12.8. The van der Waals surface area contributed by atoms with E-state index in [0.717, 1.165) is 30.6 Å². The highest BCUT2D eigenvalue weighted by Gasteiger charge is 2.24. The van der Waals surface area contributed by atoms with Gasteiger partial charge in [-0.1, -0.05) is 47.1 Å². The molecule has 4 nitrogen and oxygen atoms in total. The molecule has 1 amide bonds. The Morgan fingerprint density at radius 2 is 1.95 bits per heavy atom.